The Hall–Kier alpha value is -1.37. The molecule has 0 N–H and O–H groups in total. The third kappa shape index (κ3) is 2.72. The van der Waals surface area contributed by atoms with Crippen LogP contribution in [0.3, 0.4) is 0 Å². The number of carbonyl (C=O) groups is 1. The van der Waals surface area contributed by atoms with Crippen LogP contribution in [0.4, 0.5) is 5.88 Å². The quantitative estimate of drug-likeness (QED) is 0.487. The summed E-state index contributed by atoms with van der Waals surface area (Å²) in [5.74, 6) is -0.0243. The van der Waals surface area contributed by atoms with Crippen LogP contribution in [-0.2, 0) is 0 Å². The number of halogens is 1. The molecule has 98 valence electrons. The van der Waals surface area contributed by atoms with Crippen LogP contribution in [0.5, 0.6) is 0 Å². The van der Waals surface area contributed by atoms with Gasteiger partial charge in [-0.15, -0.1) is 0 Å². The minimum atomic E-state index is -0.645. The first-order valence-corrected chi connectivity index (χ1v) is 6.83. The summed E-state index contributed by atoms with van der Waals surface area (Å²) in [4.78, 5) is 23.5. The van der Waals surface area contributed by atoms with Crippen LogP contribution in [0.15, 0.2) is 16.5 Å². The molecule has 0 spiro atoms. The Morgan fingerprint density at radius 1 is 1.50 bits per heavy atom. The monoisotopic (exact) mass is 316 g/mol. The Balaban J connectivity index is 2.01. The highest BCUT2D eigenvalue weighted by molar-refractivity contribution is 9.09. The van der Waals surface area contributed by atoms with Crippen molar-refractivity contribution in [2.24, 2.45) is 5.92 Å². The SMILES string of the molecule is O=C(c1ccc([N+](=O)[O-])o1)N1CCC(CBr)CC1. The van der Waals surface area contributed by atoms with Crippen molar-refractivity contribution in [1.82, 2.24) is 4.90 Å². The highest BCUT2D eigenvalue weighted by Gasteiger charge is 2.26. The molecule has 0 radical (unpaired) electrons. The molecule has 1 aliphatic rings. The van der Waals surface area contributed by atoms with E-state index in [-0.39, 0.29) is 11.7 Å². The molecule has 1 aromatic rings. The minimum Gasteiger partial charge on any atom is -0.395 e. The molecule has 0 bridgehead atoms. The maximum Gasteiger partial charge on any atom is 0.433 e. The standard InChI is InChI=1S/C11H13BrN2O4/c12-7-8-3-5-13(6-4-8)11(15)9-1-2-10(18-9)14(16)17/h1-2,8H,3-7H2. The molecule has 1 amide bonds. The van der Waals surface area contributed by atoms with Crippen LogP contribution in [-0.4, -0.2) is 34.2 Å². The van der Waals surface area contributed by atoms with E-state index < -0.39 is 10.8 Å². The van der Waals surface area contributed by atoms with E-state index in [4.69, 9.17) is 4.42 Å². The lowest BCUT2D eigenvalue weighted by molar-refractivity contribution is -0.402. The van der Waals surface area contributed by atoms with Crippen molar-refractivity contribution in [3.8, 4) is 0 Å². The molecule has 1 aliphatic heterocycles. The lowest BCUT2D eigenvalue weighted by Crippen LogP contribution is -2.38. The van der Waals surface area contributed by atoms with E-state index in [1.165, 1.54) is 12.1 Å². The Morgan fingerprint density at radius 3 is 2.67 bits per heavy atom. The highest BCUT2D eigenvalue weighted by Crippen LogP contribution is 2.22. The maximum absolute atomic E-state index is 12.0. The van der Waals surface area contributed by atoms with Crippen molar-refractivity contribution in [2.45, 2.75) is 12.8 Å². The van der Waals surface area contributed by atoms with Gasteiger partial charge in [0.15, 0.2) is 5.76 Å². The third-order valence-corrected chi connectivity index (χ3v) is 4.02. The van der Waals surface area contributed by atoms with Crippen LogP contribution in [0.25, 0.3) is 0 Å². The largest absolute Gasteiger partial charge is 0.433 e. The number of alkyl halides is 1. The second kappa shape index (κ2) is 5.51. The summed E-state index contributed by atoms with van der Waals surface area (Å²) in [6.45, 7) is 1.34. The number of amides is 1. The van der Waals surface area contributed by atoms with Crippen molar-refractivity contribution in [3.63, 3.8) is 0 Å². The molecule has 1 saturated heterocycles. The van der Waals surface area contributed by atoms with E-state index in [9.17, 15) is 14.9 Å². The van der Waals surface area contributed by atoms with Crippen molar-refractivity contribution in [3.05, 3.63) is 28.0 Å². The molecule has 1 aromatic heterocycles. The Kier molecular flexibility index (Phi) is 4.00. The van der Waals surface area contributed by atoms with Crippen LogP contribution in [0.2, 0.25) is 0 Å². The first-order chi connectivity index (χ1) is 8.61. The highest BCUT2D eigenvalue weighted by atomic mass is 79.9. The molecule has 2 rings (SSSR count). The zero-order chi connectivity index (χ0) is 13.1. The summed E-state index contributed by atoms with van der Waals surface area (Å²) in [5.41, 5.74) is 0. The summed E-state index contributed by atoms with van der Waals surface area (Å²) in [5, 5.41) is 11.4. The minimum absolute atomic E-state index is 0.0407. The van der Waals surface area contributed by atoms with Gasteiger partial charge in [-0.2, -0.15) is 0 Å². The molecule has 0 aromatic carbocycles. The number of piperidine rings is 1. The lowest BCUT2D eigenvalue weighted by Gasteiger charge is -2.30. The Morgan fingerprint density at radius 2 is 2.17 bits per heavy atom. The van der Waals surface area contributed by atoms with Crippen molar-refractivity contribution in [2.75, 3.05) is 18.4 Å². The molecular formula is C11H13BrN2O4. The van der Waals surface area contributed by atoms with E-state index >= 15 is 0 Å². The zero-order valence-corrected chi connectivity index (χ0v) is 11.3. The normalized spacial score (nSPS) is 16.8. The molecule has 0 unspecified atom stereocenters. The van der Waals surface area contributed by atoms with Gasteiger partial charge < -0.3 is 9.32 Å². The number of furan rings is 1. The molecule has 6 nitrogen and oxygen atoms in total. The second-order valence-corrected chi connectivity index (χ2v) is 4.93. The van der Waals surface area contributed by atoms with Crippen LogP contribution < -0.4 is 0 Å². The van der Waals surface area contributed by atoms with Gasteiger partial charge in [0.2, 0.25) is 0 Å². The number of nitro groups is 1. The van der Waals surface area contributed by atoms with Gasteiger partial charge in [0.05, 0.1) is 6.07 Å². The van der Waals surface area contributed by atoms with Crippen molar-refractivity contribution < 1.29 is 14.1 Å². The fourth-order valence-electron chi connectivity index (χ4n) is 1.99. The molecular weight excluding hydrogens is 304 g/mol. The molecule has 1 fully saturated rings. The number of hydrogen-bond donors (Lipinski definition) is 0. The van der Waals surface area contributed by atoms with E-state index in [1.54, 1.807) is 4.90 Å². The van der Waals surface area contributed by atoms with E-state index in [0.717, 1.165) is 18.2 Å². The molecule has 0 aliphatic carbocycles. The fourth-order valence-corrected chi connectivity index (χ4v) is 2.63. The maximum atomic E-state index is 12.0. The van der Waals surface area contributed by atoms with Crippen LogP contribution >= 0.6 is 15.9 Å². The summed E-state index contributed by atoms with van der Waals surface area (Å²) < 4.78 is 4.91. The van der Waals surface area contributed by atoms with Gasteiger partial charge in [-0.25, -0.2) is 0 Å². The van der Waals surface area contributed by atoms with Crippen LogP contribution in [0, 0.1) is 16.0 Å². The fraction of sp³-hybridized carbons (Fsp3) is 0.545. The third-order valence-electron chi connectivity index (χ3n) is 3.10. The molecule has 2 heterocycles. The van der Waals surface area contributed by atoms with Crippen LogP contribution in [0.1, 0.15) is 23.4 Å². The topological polar surface area (TPSA) is 76.6 Å². The van der Waals surface area contributed by atoms with Crippen molar-refractivity contribution >= 4 is 27.7 Å². The second-order valence-electron chi connectivity index (χ2n) is 4.28. The van der Waals surface area contributed by atoms with Gasteiger partial charge in [0.25, 0.3) is 5.91 Å². The van der Waals surface area contributed by atoms with E-state index in [0.29, 0.717) is 19.0 Å². The summed E-state index contributed by atoms with van der Waals surface area (Å²) in [7, 11) is 0. The molecule has 7 heteroatoms. The summed E-state index contributed by atoms with van der Waals surface area (Å²) in [6, 6.07) is 2.56. The predicted octanol–water partition coefficient (Wildman–Crippen LogP) is 2.43. The van der Waals surface area contributed by atoms with E-state index in [2.05, 4.69) is 15.9 Å². The number of likely N-dealkylation sites (tertiary alicyclic amines) is 1. The molecule has 18 heavy (non-hydrogen) atoms. The first-order valence-electron chi connectivity index (χ1n) is 5.71. The number of hydrogen-bond acceptors (Lipinski definition) is 4. The van der Waals surface area contributed by atoms with Gasteiger partial charge in [0.1, 0.15) is 4.92 Å². The first kappa shape index (κ1) is 13.1. The lowest BCUT2D eigenvalue weighted by atomic mass is 9.99. The Bertz CT molecular complexity index is 452. The van der Waals surface area contributed by atoms with Gasteiger partial charge in [-0.1, -0.05) is 15.9 Å². The van der Waals surface area contributed by atoms with E-state index in [1.807, 2.05) is 0 Å². The molecule has 0 atom stereocenters. The zero-order valence-electron chi connectivity index (χ0n) is 9.67. The number of nitrogens with zero attached hydrogens (tertiary/aromatic N) is 2. The average molecular weight is 317 g/mol. The predicted molar refractivity (Wildman–Crippen MR) is 67.8 cm³/mol. The van der Waals surface area contributed by atoms with Gasteiger partial charge in [-0.3, -0.25) is 14.9 Å². The molecule has 0 saturated carbocycles. The van der Waals surface area contributed by atoms with Gasteiger partial charge in [-0.05, 0) is 24.8 Å². The van der Waals surface area contributed by atoms with Gasteiger partial charge in [0, 0.05) is 18.4 Å². The smallest absolute Gasteiger partial charge is 0.395 e. The summed E-state index contributed by atoms with van der Waals surface area (Å²) >= 11 is 3.44. The Labute approximate surface area is 112 Å². The summed E-state index contributed by atoms with van der Waals surface area (Å²) in [6.07, 6.45) is 1.89. The van der Waals surface area contributed by atoms with Crippen molar-refractivity contribution in [1.29, 1.82) is 0 Å². The number of carbonyl (C=O) groups excluding carboxylic acids is 1. The average Bonchev–Trinajstić information content (AvgIpc) is 2.88. The number of rotatable bonds is 3. The van der Waals surface area contributed by atoms with Gasteiger partial charge >= 0.3 is 5.88 Å².